The van der Waals surface area contributed by atoms with E-state index in [0.717, 1.165) is 17.8 Å². The number of ether oxygens (including phenoxy) is 1. The zero-order valence-corrected chi connectivity index (χ0v) is 21.5. The SMILES string of the molecule is O=C(CCc1cccc(OCc2ccnc(C(F)(F)F)c2)c1)[C@@H]1CCCN1S(=O)(=O)c1cc2ccccc2o1. The summed E-state index contributed by atoms with van der Waals surface area (Å²) < 4.78 is 77.8. The molecule has 1 atom stereocenters. The van der Waals surface area contributed by atoms with E-state index in [0.29, 0.717) is 41.5 Å². The van der Waals surface area contributed by atoms with Crippen LogP contribution in [0.25, 0.3) is 11.0 Å². The largest absolute Gasteiger partial charge is 0.489 e. The van der Waals surface area contributed by atoms with Gasteiger partial charge in [0.15, 0.2) is 5.78 Å². The summed E-state index contributed by atoms with van der Waals surface area (Å²) >= 11 is 0. The Bertz CT molecular complexity index is 1570. The van der Waals surface area contributed by atoms with Crippen LogP contribution < -0.4 is 4.74 Å². The third kappa shape index (κ3) is 5.99. The van der Waals surface area contributed by atoms with E-state index in [1.54, 1.807) is 42.5 Å². The number of aryl methyl sites for hydroxylation is 1. The number of rotatable bonds is 9. The number of hydrogen-bond acceptors (Lipinski definition) is 6. The number of pyridine rings is 1. The maximum absolute atomic E-state index is 13.3. The van der Waals surface area contributed by atoms with Crippen LogP contribution in [0.15, 0.2) is 82.4 Å². The van der Waals surface area contributed by atoms with Gasteiger partial charge >= 0.3 is 6.18 Å². The molecular weight excluding hydrogens is 533 g/mol. The van der Waals surface area contributed by atoms with Crippen molar-refractivity contribution in [1.29, 1.82) is 0 Å². The predicted octanol–water partition coefficient (Wildman–Crippen LogP) is 5.78. The number of carbonyl (C=O) groups is 1. The fourth-order valence-electron chi connectivity index (χ4n) is 4.66. The number of carbonyl (C=O) groups excluding carboxylic acids is 1. The van der Waals surface area contributed by atoms with E-state index in [1.807, 2.05) is 6.07 Å². The average Bonchev–Trinajstić information content (AvgIpc) is 3.59. The Labute approximate surface area is 223 Å². The molecule has 7 nitrogen and oxygen atoms in total. The number of sulfonamides is 1. The summed E-state index contributed by atoms with van der Waals surface area (Å²) in [6, 6.07) is 17.0. The van der Waals surface area contributed by atoms with Gasteiger partial charge in [0.05, 0.1) is 6.04 Å². The number of para-hydroxylation sites is 1. The van der Waals surface area contributed by atoms with Crippen LogP contribution in [0.5, 0.6) is 5.75 Å². The van der Waals surface area contributed by atoms with Crippen LogP contribution in [0.2, 0.25) is 0 Å². The summed E-state index contributed by atoms with van der Waals surface area (Å²) in [7, 11) is -3.98. The fraction of sp³-hybridized carbons (Fsp3) is 0.286. The summed E-state index contributed by atoms with van der Waals surface area (Å²) in [6.07, 6.45) is -1.96. The molecule has 1 aliphatic heterocycles. The third-order valence-electron chi connectivity index (χ3n) is 6.62. The quantitative estimate of drug-likeness (QED) is 0.259. The van der Waals surface area contributed by atoms with Gasteiger partial charge < -0.3 is 9.15 Å². The number of nitrogens with zero attached hydrogens (tertiary/aromatic N) is 2. The number of halogens is 3. The molecule has 3 heterocycles. The summed E-state index contributed by atoms with van der Waals surface area (Å²) in [5.74, 6) is 0.259. The maximum atomic E-state index is 13.3. The van der Waals surface area contributed by atoms with Crippen molar-refractivity contribution in [2.45, 2.75) is 49.6 Å². The number of fused-ring (bicyclic) bond motifs is 1. The van der Waals surface area contributed by atoms with Crippen molar-refractivity contribution < 1.29 is 35.5 Å². The summed E-state index contributed by atoms with van der Waals surface area (Å²) in [4.78, 5) is 16.5. The van der Waals surface area contributed by atoms with Crippen molar-refractivity contribution in [2.24, 2.45) is 0 Å². The second-order valence-electron chi connectivity index (χ2n) is 9.33. The summed E-state index contributed by atoms with van der Waals surface area (Å²) in [6.45, 7) is 0.162. The molecule has 5 rings (SSSR count). The first-order chi connectivity index (χ1) is 18.6. The third-order valence-corrected chi connectivity index (χ3v) is 8.38. The number of furan rings is 1. The molecule has 0 N–H and O–H groups in total. The van der Waals surface area contributed by atoms with Crippen LogP contribution >= 0.6 is 0 Å². The van der Waals surface area contributed by atoms with Crippen LogP contribution in [-0.4, -0.2) is 36.1 Å². The summed E-state index contributed by atoms with van der Waals surface area (Å²) in [5.41, 5.74) is 0.588. The van der Waals surface area contributed by atoms with Crippen LogP contribution in [0.3, 0.4) is 0 Å². The number of alkyl halides is 3. The Morgan fingerprint density at radius 3 is 2.67 bits per heavy atom. The van der Waals surface area contributed by atoms with Gasteiger partial charge in [-0.15, -0.1) is 0 Å². The molecule has 2 aromatic heterocycles. The van der Waals surface area contributed by atoms with Crippen molar-refractivity contribution in [3.8, 4) is 5.75 Å². The molecule has 1 fully saturated rings. The fourth-order valence-corrected chi connectivity index (χ4v) is 6.29. The molecule has 0 unspecified atom stereocenters. The number of Topliss-reactive ketones (excluding diaryl/α,β-unsaturated/α-hetero) is 1. The van der Waals surface area contributed by atoms with Gasteiger partial charge in [-0.25, -0.2) is 8.42 Å². The Kier molecular flexibility index (Phi) is 7.46. The lowest BCUT2D eigenvalue weighted by Crippen LogP contribution is -2.40. The lowest BCUT2D eigenvalue weighted by Gasteiger charge is -2.21. The molecule has 11 heteroatoms. The average molecular weight is 559 g/mol. The second-order valence-corrected chi connectivity index (χ2v) is 11.1. The highest BCUT2D eigenvalue weighted by Crippen LogP contribution is 2.31. The monoisotopic (exact) mass is 558 g/mol. The lowest BCUT2D eigenvalue weighted by molar-refractivity contribution is -0.141. The molecule has 0 amide bonds. The number of hydrogen-bond donors (Lipinski definition) is 0. The molecular formula is C28H25F3N2O5S. The Hall–Kier alpha value is -3.70. The van der Waals surface area contributed by atoms with E-state index in [4.69, 9.17) is 9.15 Å². The molecule has 2 aromatic carbocycles. The van der Waals surface area contributed by atoms with Gasteiger partial charge in [0.25, 0.3) is 10.0 Å². The molecule has 1 aliphatic rings. The minimum absolute atomic E-state index is 0.0787. The Morgan fingerprint density at radius 2 is 1.87 bits per heavy atom. The Morgan fingerprint density at radius 1 is 1.05 bits per heavy atom. The molecule has 204 valence electrons. The highest BCUT2D eigenvalue weighted by Gasteiger charge is 2.40. The van der Waals surface area contributed by atoms with Gasteiger partial charge in [0.1, 0.15) is 23.6 Å². The maximum Gasteiger partial charge on any atom is 0.433 e. The molecule has 4 aromatic rings. The second kappa shape index (κ2) is 10.8. The molecule has 39 heavy (non-hydrogen) atoms. The standard InChI is InChI=1S/C28H25F3N2O5S/c29-28(30,31)26-16-20(12-13-32-26)18-37-22-7-3-5-19(15-22)10-11-24(34)23-8-4-14-33(23)39(35,36)27-17-21-6-1-2-9-25(21)38-27/h1-3,5-7,9,12-13,15-17,23H,4,8,10-11,14,18H2/t23-/m0/s1. The topological polar surface area (TPSA) is 89.7 Å². The zero-order valence-electron chi connectivity index (χ0n) is 20.7. The van der Waals surface area contributed by atoms with Gasteiger partial charge in [0.2, 0.25) is 5.09 Å². The van der Waals surface area contributed by atoms with Crippen LogP contribution in [-0.2, 0) is 34.0 Å². The highest BCUT2D eigenvalue weighted by molar-refractivity contribution is 7.89. The first-order valence-corrected chi connectivity index (χ1v) is 13.8. The normalized spacial score (nSPS) is 16.5. The van der Waals surface area contributed by atoms with E-state index < -0.39 is 27.9 Å². The molecule has 0 aliphatic carbocycles. The van der Waals surface area contributed by atoms with Gasteiger partial charge in [-0.3, -0.25) is 9.78 Å². The van der Waals surface area contributed by atoms with E-state index in [-0.39, 0.29) is 30.4 Å². The van der Waals surface area contributed by atoms with Crippen molar-refractivity contribution >= 4 is 26.8 Å². The molecule has 0 bridgehead atoms. The van der Waals surface area contributed by atoms with Gasteiger partial charge in [0, 0.05) is 30.6 Å². The van der Waals surface area contributed by atoms with Gasteiger partial charge in [-0.05, 0) is 60.7 Å². The smallest absolute Gasteiger partial charge is 0.433 e. The van der Waals surface area contributed by atoms with Crippen molar-refractivity contribution in [3.05, 3.63) is 89.7 Å². The zero-order chi connectivity index (χ0) is 27.6. The Balaban J connectivity index is 1.21. The van der Waals surface area contributed by atoms with E-state index in [1.165, 1.54) is 16.4 Å². The first kappa shape index (κ1) is 26.9. The predicted molar refractivity (Wildman–Crippen MR) is 136 cm³/mol. The van der Waals surface area contributed by atoms with Crippen molar-refractivity contribution in [1.82, 2.24) is 9.29 Å². The number of benzene rings is 2. The van der Waals surface area contributed by atoms with Crippen LogP contribution in [0.4, 0.5) is 13.2 Å². The highest BCUT2D eigenvalue weighted by atomic mass is 32.2. The van der Waals surface area contributed by atoms with Gasteiger partial charge in [-0.1, -0.05) is 30.3 Å². The van der Waals surface area contributed by atoms with Crippen molar-refractivity contribution in [3.63, 3.8) is 0 Å². The first-order valence-electron chi connectivity index (χ1n) is 12.4. The molecule has 0 radical (unpaired) electrons. The van der Waals surface area contributed by atoms with Crippen molar-refractivity contribution in [2.75, 3.05) is 6.54 Å². The number of ketones is 1. The van der Waals surface area contributed by atoms with E-state index >= 15 is 0 Å². The molecule has 0 saturated carbocycles. The van der Waals surface area contributed by atoms with E-state index in [2.05, 4.69) is 4.98 Å². The summed E-state index contributed by atoms with van der Waals surface area (Å²) in [5, 5.41) is 0.495. The van der Waals surface area contributed by atoms with E-state index in [9.17, 15) is 26.4 Å². The van der Waals surface area contributed by atoms with Gasteiger partial charge in [-0.2, -0.15) is 17.5 Å². The molecule has 0 spiro atoms. The lowest BCUT2D eigenvalue weighted by atomic mass is 10.0. The molecule has 1 saturated heterocycles. The minimum atomic E-state index is -4.54. The van der Waals surface area contributed by atoms with Crippen LogP contribution in [0.1, 0.15) is 36.1 Å². The number of aromatic nitrogens is 1. The minimum Gasteiger partial charge on any atom is -0.489 e. The van der Waals surface area contributed by atoms with Crippen LogP contribution in [0, 0.1) is 0 Å².